The van der Waals surface area contributed by atoms with Gasteiger partial charge in [0.2, 0.25) is 0 Å². The number of alkyl halides is 3. The summed E-state index contributed by atoms with van der Waals surface area (Å²) in [5.41, 5.74) is 3.85. The molecule has 0 aliphatic rings. The molecule has 5 rings (SSSR count). The lowest BCUT2D eigenvalue weighted by molar-refractivity contribution is -0.142. The molecule has 0 spiro atoms. The summed E-state index contributed by atoms with van der Waals surface area (Å²) in [6, 6.07) is 29.2. The highest BCUT2D eigenvalue weighted by Gasteiger charge is 2.37. The van der Waals surface area contributed by atoms with E-state index >= 15 is 0 Å². The summed E-state index contributed by atoms with van der Waals surface area (Å²) < 4.78 is 66.6. The molecule has 0 aliphatic carbocycles. The van der Waals surface area contributed by atoms with E-state index in [9.17, 15) is 22.0 Å². The quantitative estimate of drug-likeness (QED) is 0.156. The summed E-state index contributed by atoms with van der Waals surface area (Å²) in [5.74, 6) is -3.26. The Balaban J connectivity index is 1.36. The van der Waals surface area contributed by atoms with Crippen LogP contribution in [-0.2, 0) is 12.6 Å². The van der Waals surface area contributed by atoms with Gasteiger partial charge in [-0.15, -0.1) is 6.58 Å². The van der Waals surface area contributed by atoms with Gasteiger partial charge < -0.3 is 0 Å². The summed E-state index contributed by atoms with van der Waals surface area (Å²) in [5, 5.41) is 2.36. The SMILES string of the molecule is C=CCCc1ccc2cc(-c3ccc(-c4ccc(-c5cc(F)c(C(F)(F)F)c(F)c5)cc4)cc3)ccc2c1. The first-order valence-corrected chi connectivity index (χ1v) is 12.1. The summed E-state index contributed by atoms with van der Waals surface area (Å²) in [6.07, 6.45) is -1.25. The Kier molecular flexibility index (Phi) is 6.85. The molecule has 5 aromatic carbocycles. The van der Waals surface area contributed by atoms with Crippen molar-refractivity contribution in [2.24, 2.45) is 0 Å². The molecule has 0 aliphatic heterocycles. The first kappa shape index (κ1) is 25.4. The van der Waals surface area contributed by atoms with Crippen LogP contribution in [0.2, 0.25) is 0 Å². The van der Waals surface area contributed by atoms with Crippen molar-refractivity contribution in [2.75, 3.05) is 0 Å². The lowest BCUT2D eigenvalue weighted by atomic mass is 9.96. The number of hydrogen-bond acceptors (Lipinski definition) is 0. The van der Waals surface area contributed by atoms with Crippen molar-refractivity contribution in [3.05, 3.63) is 132 Å². The lowest BCUT2D eigenvalue weighted by Crippen LogP contribution is -2.11. The predicted molar refractivity (Wildman–Crippen MR) is 144 cm³/mol. The van der Waals surface area contributed by atoms with E-state index in [-0.39, 0.29) is 5.56 Å². The van der Waals surface area contributed by atoms with Crippen LogP contribution in [0.1, 0.15) is 17.5 Å². The molecular weight excluding hydrogens is 491 g/mol. The Bertz CT molecular complexity index is 1590. The van der Waals surface area contributed by atoms with Crippen molar-refractivity contribution in [2.45, 2.75) is 19.0 Å². The molecule has 0 fully saturated rings. The second kappa shape index (κ2) is 10.3. The van der Waals surface area contributed by atoms with Gasteiger partial charge in [-0.1, -0.05) is 84.9 Å². The topological polar surface area (TPSA) is 0 Å². The average Bonchev–Trinajstić information content (AvgIpc) is 2.90. The maximum absolute atomic E-state index is 14.0. The van der Waals surface area contributed by atoms with Gasteiger partial charge in [-0.3, -0.25) is 0 Å². The van der Waals surface area contributed by atoms with Crippen LogP contribution in [0.3, 0.4) is 0 Å². The van der Waals surface area contributed by atoms with Gasteiger partial charge in [0, 0.05) is 0 Å². The summed E-state index contributed by atoms with van der Waals surface area (Å²) >= 11 is 0. The van der Waals surface area contributed by atoms with Gasteiger partial charge in [0.1, 0.15) is 17.2 Å². The van der Waals surface area contributed by atoms with Gasteiger partial charge >= 0.3 is 6.18 Å². The molecule has 0 N–H and O–H groups in total. The van der Waals surface area contributed by atoms with E-state index in [1.807, 2.05) is 30.3 Å². The van der Waals surface area contributed by atoms with Crippen LogP contribution in [0.25, 0.3) is 44.2 Å². The normalized spacial score (nSPS) is 11.6. The van der Waals surface area contributed by atoms with Crippen LogP contribution < -0.4 is 0 Å². The number of fused-ring (bicyclic) bond motifs is 1. The van der Waals surface area contributed by atoms with Crippen LogP contribution in [0.15, 0.2) is 110 Å². The van der Waals surface area contributed by atoms with Gasteiger partial charge in [0.05, 0.1) is 0 Å². The van der Waals surface area contributed by atoms with Crippen molar-refractivity contribution in [1.29, 1.82) is 0 Å². The van der Waals surface area contributed by atoms with E-state index in [2.05, 4.69) is 43.0 Å². The molecule has 190 valence electrons. The van der Waals surface area contributed by atoms with E-state index in [0.29, 0.717) is 17.7 Å². The summed E-state index contributed by atoms with van der Waals surface area (Å²) in [6.45, 7) is 3.78. The van der Waals surface area contributed by atoms with Crippen molar-refractivity contribution >= 4 is 10.8 Å². The summed E-state index contributed by atoms with van der Waals surface area (Å²) in [4.78, 5) is 0. The standard InChI is InChI=1S/C33H23F5/c1-2-3-4-21-5-6-28-18-27(16-15-26(28)17-21)24-11-7-22(8-12-24)23-9-13-25(14-10-23)29-19-30(34)32(31(35)20-29)33(36,37)38/h2,5-20H,1,3-4H2. The van der Waals surface area contributed by atoms with Gasteiger partial charge in [-0.25, -0.2) is 8.78 Å². The first-order chi connectivity index (χ1) is 18.2. The highest BCUT2D eigenvalue weighted by Crippen LogP contribution is 2.36. The van der Waals surface area contributed by atoms with Crippen LogP contribution in [0.4, 0.5) is 22.0 Å². The molecule has 0 heterocycles. The zero-order valence-electron chi connectivity index (χ0n) is 20.3. The van der Waals surface area contributed by atoms with Crippen LogP contribution in [0, 0.1) is 11.6 Å². The Hall–Kier alpha value is -4.25. The minimum Gasteiger partial charge on any atom is -0.206 e. The first-order valence-electron chi connectivity index (χ1n) is 12.1. The predicted octanol–water partition coefficient (Wildman–Crippen LogP) is 10.3. The molecule has 0 atom stereocenters. The number of hydrogen-bond donors (Lipinski definition) is 0. The molecule has 5 aromatic rings. The van der Waals surface area contributed by atoms with Crippen molar-refractivity contribution in [3.8, 4) is 33.4 Å². The Morgan fingerprint density at radius 2 is 1.00 bits per heavy atom. The summed E-state index contributed by atoms with van der Waals surface area (Å²) in [7, 11) is 0. The van der Waals surface area contributed by atoms with Crippen molar-refractivity contribution in [3.63, 3.8) is 0 Å². The molecular formula is C33H23F5. The molecule has 0 bridgehead atoms. The monoisotopic (exact) mass is 514 g/mol. The van der Waals surface area contributed by atoms with E-state index < -0.39 is 23.4 Å². The third-order valence-corrected chi connectivity index (χ3v) is 6.64. The highest BCUT2D eigenvalue weighted by atomic mass is 19.4. The Labute approximate surface area is 217 Å². The minimum absolute atomic E-state index is 0.0408. The molecule has 0 amide bonds. The molecule has 38 heavy (non-hydrogen) atoms. The maximum Gasteiger partial charge on any atom is 0.422 e. The number of halogens is 5. The molecule has 0 aromatic heterocycles. The van der Waals surface area contributed by atoms with Gasteiger partial charge in [0.15, 0.2) is 0 Å². The van der Waals surface area contributed by atoms with E-state index in [4.69, 9.17) is 0 Å². The molecule has 0 radical (unpaired) electrons. The lowest BCUT2D eigenvalue weighted by Gasteiger charge is -2.12. The molecule has 0 nitrogen and oxygen atoms in total. The molecule has 5 heteroatoms. The van der Waals surface area contributed by atoms with Crippen molar-refractivity contribution < 1.29 is 22.0 Å². The molecule has 0 saturated carbocycles. The largest absolute Gasteiger partial charge is 0.422 e. The van der Waals surface area contributed by atoms with E-state index in [1.165, 1.54) is 16.3 Å². The van der Waals surface area contributed by atoms with Crippen molar-refractivity contribution in [1.82, 2.24) is 0 Å². The average molecular weight is 515 g/mol. The van der Waals surface area contributed by atoms with Crippen LogP contribution in [0.5, 0.6) is 0 Å². The molecule has 0 saturated heterocycles. The minimum atomic E-state index is -5.09. The zero-order chi connectivity index (χ0) is 26.9. The van der Waals surface area contributed by atoms with Gasteiger partial charge in [-0.05, 0) is 80.8 Å². The Morgan fingerprint density at radius 3 is 1.53 bits per heavy atom. The fourth-order valence-electron chi connectivity index (χ4n) is 4.62. The molecule has 0 unspecified atom stereocenters. The van der Waals surface area contributed by atoms with Gasteiger partial charge in [-0.2, -0.15) is 13.2 Å². The second-order valence-electron chi connectivity index (χ2n) is 9.19. The fourth-order valence-corrected chi connectivity index (χ4v) is 4.62. The zero-order valence-corrected chi connectivity index (χ0v) is 20.3. The Morgan fingerprint density at radius 1 is 0.553 bits per heavy atom. The smallest absolute Gasteiger partial charge is 0.206 e. The maximum atomic E-state index is 14.0. The second-order valence-corrected chi connectivity index (χ2v) is 9.19. The number of benzene rings is 5. The van der Waals surface area contributed by atoms with Crippen LogP contribution >= 0.6 is 0 Å². The number of aryl methyl sites for hydroxylation is 1. The van der Waals surface area contributed by atoms with Crippen LogP contribution in [-0.4, -0.2) is 0 Å². The fraction of sp³-hybridized carbons (Fsp3) is 0.0909. The highest BCUT2D eigenvalue weighted by molar-refractivity contribution is 5.88. The third-order valence-electron chi connectivity index (χ3n) is 6.64. The van der Waals surface area contributed by atoms with E-state index in [0.717, 1.165) is 35.1 Å². The number of allylic oxidation sites excluding steroid dienone is 1. The third kappa shape index (κ3) is 5.23. The van der Waals surface area contributed by atoms with Gasteiger partial charge in [0.25, 0.3) is 0 Å². The number of rotatable bonds is 6. The van der Waals surface area contributed by atoms with E-state index in [1.54, 1.807) is 24.3 Å².